The third-order valence-corrected chi connectivity index (χ3v) is 7.98. The fourth-order valence-corrected chi connectivity index (χ4v) is 6.03. The number of nitrogens with two attached hydrogens (primary N) is 1. The van der Waals surface area contributed by atoms with Gasteiger partial charge in [0.15, 0.2) is 23.1 Å². The van der Waals surface area contributed by atoms with Crippen LogP contribution >= 0.6 is 11.3 Å². The summed E-state index contributed by atoms with van der Waals surface area (Å²) < 4.78 is 23.2. The van der Waals surface area contributed by atoms with Crippen LogP contribution in [0.4, 0.5) is 10.1 Å². The normalized spacial score (nSPS) is 19.8. The van der Waals surface area contributed by atoms with Crippen LogP contribution in [-0.2, 0) is 0 Å². The second kappa shape index (κ2) is 7.45. The van der Waals surface area contributed by atoms with E-state index in [0.717, 1.165) is 30.6 Å². The molecule has 32 heavy (non-hydrogen) atoms. The average Bonchev–Trinajstić information content (AvgIpc) is 3.34. The minimum atomic E-state index is -0.542. The number of thiophene rings is 1. The number of fused-ring (bicyclic) bond motifs is 2. The molecule has 1 aliphatic carbocycles. The number of aromatic nitrogens is 1. The second-order valence-corrected chi connectivity index (χ2v) is 9.94. The summed E-state index contributed by atoms with van der Waals surface area (Å²) in [6, 6.07) is 1.34. The Labute approximate surface area is 188 Å². The molecule has 0 bridgehead atoms. The van der Waals surface area contributed by atoms with E-state index in [-0.39, 0.29) is 45.2 Å². The number of nitrogens with zero attached hydrogens (tertiary/aromatic N) is 2. The number of ether oxygens (including phenoxy) is 1. The standard InChI is InChI=1S/C23H26FN3O4S/c1-10(25)12-6-7-26(9-12)18-15(24)8-14-17(21(18)31-3)27(13-4-5-13)23-16(19(14)29)20(30)22(32-23)11(2)28/h8,10,12-13,30H,4-7,9,25H2,1-3H3/t10-,12?/m1/s1. The highest BCUT2D eigenvalue weighted by Crippen LogP contribution is 2.48. The van der Waals surface area contributed by atoms with Crippen molar-refractivity contribution >= 4 is 43.9 Å². The monoisotopic (exact) mass is 459 g/mol. The maximum Gasteiger partial charge on any atom is 0.202 e. The number of methoxy groups -OCH3 is 1. The molecule has 2 fully saturated rings. The van der Waals surface area contributed by atoms with Gasteiger partial charge < -0.3 is 25.0 Å². The van der Waals surface area contributed by atoms with Gasteiger partial charge in [-0.3, -0.25) is 9.59 Å². The van der Waals surface area contributed by atoms with Gasteiger partial charge in [0.25, 0.3) is 0 Å². The van der Waals surface area contributed by atoms with Crippen molar-refractivity contribution in [3.63, 3.8) is 0 Å². The minimum absolute atomic E-state index is 0.00197. The molecule has 3 heterocycles. The van der Waals surface area contributed by atoms with Crippen LogP contribution in [0.5, 0.6) is 11.5 Å². The van der Waals surface area contributed by atoms with Crippen LogP contribution in [0.2, 0.25) is 0 Å². The first-order valence-electron chi connectivity index (χ1n) is 10.9. The lowest BCUT2D eigenvalue weighted by Gasteiger charge is -2.25. The molecule has 7 nitrogen and oxygen atoms in total. The van der Waals surface area contributed by atoms with Crippen molar-refractivity contribution in [2.24, 2.45) is 11.7 Å². The van der Waals surface area contributed by atoms with Crippen LogP contribution in [0.3, 0.4) is 0 Å². The van der Waals surface area contributed by atoms with Crippen molar-refractivity contribution in [1.29, 1.82) is 0 Å². The number of Topliss-reactive ketones (excluding diaryl/α,β-unsaturated/α-hetero) is 1. The molecule has 5 rings (SSSR count). The fourth-order valence-electron chi connectivity index (χ4n) is 4.87. The first-order chi connectivity index (χ1) is 15.2. The van der Waals surface area contributed by atoms with Gasteiger partial charge in [-0.05, 0) is 38.2 Å². The summed E-state index contributed by atoms with van der Waals surface area (Å²) >= 11 is 1.11. The smallest absolute Gasteiger partial charge is 0.202 e. The number of benzene rings is 1. The number of halogens is 1. The zero-order chi connectivity index (χ0) is 22.9. The summed E-state index contributed by atoms with van der Waals surface area (Å²) in [5, 5.41) is 10.9. The Hall–Kier alpha value is -2.65. The molecule has 1 saturated heterocycles. The molecule has 1 aliphatic heterocycles. The van der Waals surface area contributed by atoms with E-state index in [1.165, 1.54) is 20.1 Å². The van der Waals surface area contributed by atoms with Crippen molar-refractivity contribution in [1.82, 2.24) is 4.57 Å². The fraction of sp³-hybridized carbons (Fsp3) is 0.478. The van der Waals surface area contributed by atoms with Crippen LogP contribution in [0.15, 0.2) is 10.9 Å². The molecular formula is C23H26FN3O4S. The lowest BCUT2D eigenvalue weighted by molar-refractivity contribution is 0.101. The molecule has 3 N–H and O–H groups in total. The van der Waals surface area contributed by atoms with Crippen molar-refractivity contribution < 1.29 is 19.0 Å². The quantitative estimate of drug-likeness (QED) is 0.564. The van der Waals surface area contributed by atoms with Gasteiger partial charge in [0.2, 0.25) is 5.43 Å². The summed E-state index contributed by atoms with van der Waals surface area (Å²) in [4.78, 5) is 28.1. The van der Waals surface area contributed by atoms with Crippen LogP contribution < -0.4 is 20.8 Å². The van der Waals surface area contributed by atoms with Gasteiger partial charge in [-0.1, -0.05) is 0 Å². The molecule has 1 saturated carbocycles. The van der Waals surface area contributed by atoms with Gasteiger partial charge >= 0.3 is 0 Å². The summed E-state index contributed by atoms with van der Waals surface area (Å²) in [7, 11) is 1.48. The Bertz CT molecular complexity index is 1320. The number of rotatable bonds is 5. The molecule has 170 valence electrons. The number of hydrogen-bond acceptors (Lipinski definition) is 7. The number of carbonyl (C=O) groups is 1. The zero-order valence-corrected chi connectivity index (χ0v) is 19.1. The summed E-state index contributed by atoms with van der Waals surface area (Å²) in [6.45, 7) is 4.58. The van der Waals surface area contributed by atoms with Crippen molar-refractivity contribution in [3.05, 3.63) is 27.0 Å². The number of aromatic hydroxyl groups is 1. The molecule has 1 unspecified atom stereocenters. The Morgan fingerprint density at radius 1 is 1.38 bits per heavy atom. The number of ketones is 1. The van der Waals surface area contributed by atoms with Gasteiger partial charge in [0, 0.05) is 32.1 Å². The van der Waals surface area contributed by atoms with Crippen molar-refractivity contribution in [2.75, 3.05) is 25.1 Å². The Morgan fingerprint density at radius 2 is 2.09 bits per heavy atom. The van der Waals surface area contributed by atoms with E-state index >= 15 is 4.39 Å². The Balaban J connectivity index is 1.86. The largest absolute Gasteiger partial charge is 0.505 e. The molecule has 9 heteroatoms. The lowest BCUT2D eigenvalue weighted by Crippen LogP contribution is -2.30. The van der Waals surface area contributed by atoms with Gasteiger partial charge in [-0.2, -0.15) is 0 Å². The average molecular weight is 460 g/mol. The highest BCUT2D eigenvalue weighted by Gasteiger charge is 2.35. The minimum Gasteiger partial charge on any atom is -0.505 e. The van der Waals surface area contributed by atoms with Crippen LogP contribution in [0.1, 0.15) is 48.8 Å². The zero-order valence-electron chi connectivity index (χ0n) is 18.3. The third-order valence-electron chi connectivity index (χ3n) is 6.70. The van der Waals surface area contributed by atoms with Gasteiger partial charge in [-0.15, -0.1) is 11.3 Å². The van der Waals surface area contributed by atoms with E-state index in [9.17, 15) is 14.7 Å². The Morgan fingerprint density at radius 3 is 2.66 bits per heavy atom. The van der Waals surface area contributed by atoms with Crippen molar-refractivity contribution in [2.45, 2.75) is 45.2 Å². The summed E-state index contributed by atoms with van der Waals surface area (Å²) in [5.41, 5.74) is 6.45. The maximum absolute atomic E-state index is 15.5. The number of carbonyl (C=O) groups excluding carboxylic acids is 1. The molecule has 3 aromatic rings. The number of pyridine rings is 1. The maximum atomic E-state index is 15.5. The molecule has 1 aromatic carbocycles. The van der Waals surface area contributed by atoms with E-state index in [4.69, 9.17) is 10.5 Å². The topological polar surface area (TPSA) is 97.8 Å². The predicted octanol–water partition coefficient (Wildman–Crippen LogP) is 3.78. The molecule has 0 amide bonds. The van der Waals surface area contributed by atoms with E-state index < -0.39 is 11.2 Å². The first-order valence-corrected chi connectivity index (χ1v) is 11.7. The van der Waals surface area contributed by atoms with E-state index in [0.29, 0.717) is 34.9 Å². The molecule has 2 atom stereocenters. The highest BCUT2D eigenvalue weighted by atomic mass is 32.1. The van der Waals surface area contributed by atoms with Gasteiger partial charge in [0.1, 0.15) is 20.8 Å². The first kappa shape index (κ1) is 21.2. The SMILES string of the molecule is COc1c(N2CCC([C@@H](C)N)C2)c(F)cc2c(=O)c3c(O)c(C(C)=O)sc3n(C3CC3)c12. The lowest BCUT2D eigenvalue weighted by atomic mass is 10.0. The van der Waals surface area contributed by atoms with Gasteiger partial charge in [-0.25, -0.2) is 4.39 Å². The Kier molecular flexibility index (Phi) is 4.94. The number of anilines is 1. The number of hydrogen-bond donors (Lipinski definition) is 2. The van der Waals surface area contributed by atoms with Crippen LogP contribution in [-0.4, -0.2) is 41.7 Å². The van der Waals surface area contributed by atoms with Crippen LogP contribution in [0, 0.1) is 11.7 Å². The highest BCUT2D eigenvalue weighted by molar-refractivity contribution is 7.21. The molecule has 0 radical (unpaired) electrons. The predicted molar refractivity (Wildman–Crippen MR) is 124 cm³/mol. The molecular weight excluding hydrogens is 433 g/mol. The van der Waals surface area contributed by atoms with Crippen molar-refractivity contribution in [3.8, 4) is 11.5 Å². The van der Waals surface area contributed by atoms with E-state index in [2.05, 4.69) is 0 Å². The van der Waals surface area contributed by atoms with E-state index in [1.54, 1.807) is 0 Å². The molecule has 0 spiro atoms. The van der Waals surface area contributed by atoms with Crippen LogP contribution in [0.25, 0.3) is 21.1 Å². The second-order valence-electron chi connectivity index (χ2n) is 8.94. The van der Waals surface area contributed by atoms with E-state index in [1.807, 2.05) is 16.4 Å². The molecule has 2 aliphatic rings. The third kappa shape index (κ3) is 3.02. The molecule has 2 aromatic heterocycles. The summed E-state index contributed by atoms with van der Waals surface area (Å²) in [6.07, 6.45) is 2.65. The van der Waals surface area contributed by atoms with Gasteiger partial charge in [0.05, 0.1) is 18.0 Å². The summed E-state index contributed by atoms with van der Waals surface area (Å²) in [5.74, 6) is -0.613.